The number of methoxy groups -OCH3 is 1. The molecule has 1 fully saturated rings. The van der Waals surface area contributed by atoms with E-state index < -0.39 is 18.0 Å². The number of nitrogen functional groups attached to an aromatic ring is 1. The van der Waals surface area contributed by atoms with E-state index in [1.54, 1.807) is 13.3 Å². The molecule has 2 N–H and O–H groups in total. The van der Waals surface area contributed by atoms with E-state index in [0.29, 0.717) is 0 Å². The molecule has 1 unspecified atom stereocenters. The van der Waals surface area contributed by atoms with E-state index in [4.69, 9.17) is 19.9 Å². The SMILES string of the molecule is CO[C@H]1C(OC(C)(C)C)[C@@H](CC(C)(C)C)O[C@H]1n1cc(C)c(N)nc1=O. The number of anilines is 1. The van der Waals surface area contributed by atoms with Crippen LogP contribution in [-0.4, -0.2) is 40.6 Å². The first-order valence-electron chi connectivity index (χ1n) is 9.04. The topological polar surface area (TPSA) is 88.6 Å². The fourth-order valence-corrected chi connectivity index (χ4v) is 3.26. The van der Waals surface area contributed by atoms with Gasteiger partial charge in [0.2, 0.25) is 0 Å². The highest BCUT2D eigenvalue weighted by Crippen LogP contribution is 2.39. The minimum absolute atomic E-state index is 0.0393. The van der Waals surface area contributed by atoms with Gasteiger partial charge in [0.25, 0.3) is 0 Å². The van der Waals surface area contributed by atoms with Gasteiger partial charge in [-0.25, -0.2) is 4.79 Å². The zero-order valence-corrected chi connectivity index (χ0v) is 17.2. The third kappa shape index (κ3) is 4.84. The number of aryl methyl sites for hydroxylation is 1. The Hall–Kier alpha value is -1.44. The van der Waals surface area contributed by atoms with E-state index in [1.807, 2.05) is 27.7 Å². The Morgan fingerprint density at radius 3 is 2.35 bits per heavy atom. The molecule has 148 valence electrons. The molecule has 2 rings (SSSR count). The maximum atomic E-state index is 12.4. The molecule has 7 heteroatoms. The van der Waals surface area contributed by atoms with Crippen LogP contribution in [0.5, 0.6) is 0 Å². The molecule has 0 aliphatic carbocycles. The lowest BCUT2D eigenvalue weighted by atomic mass is 9.87. The normalized spacial score (nSPS) is 27.1. The van der Waals surface area contributed by atoms with Crippen molar-refractivity contribution < 1.29 is 14.2 Å². The van der Waals surface area contributed by atoms with Gasteiger partial charge in [0.15, 0.2) is 6.23 Å². The number of nitrogens with zero attached hydrogens (tertiary/aromatic N) is 2. The Balaban J connectivity index is 2.44. The number of ether oxygens (including phenoxy) is 3. The minimum Gasteiger partial charge on any atom is -0.383 e. The predicted molar refractivity (Wildman–Crippen MR) is 101 cm³/mol. The fraction of sp³-hybridized carbons (Fsp3) is 0.789. The number of hydrogen-bond donors (Lipinski definition) is 1. The molecule has 0 saturated carbocycles. The van der Waals surface area contributed by atoms with Crippen molar-refractivity contribution in [2.24, 2.45) is 5.41 Å². The van der Waals surface area contributed by atoms with Crippen LogP contribution in [0.2, 0.25) is 0 Å². The number of aromatic nitrogens is 2. The van der Waals surface area contributed by atoms with E-state index in [-0.39, 0.29) is 29.0 Å². The lowest BCUT2D eigenvalue weighted by molar-refractivity contribution is -0.124. The summed E-state index contributed by atoms with van der Waals surface area (Å²) in [5.74, 6) is 0.229. The third-order valence-electron chi connectivity index (χ3n) is 4.31. The zero-order chi connectivity index (χ0) is 19.9. The van der Waals surface area contributed by atoms with Gasteiger partial charge in [-0.15, -0.1) is 0 Å². The number of hydrogen-bond acceptors (Lipinski definition) is 6. The lowest BCUT2D eigenvalue weighted by Gasteiger charge is -2.32. The van der Waals surface area contributed by atoms with Crippen molar-refractivity contribution in [3.8, 4) is 0 Å². The molecule has 1 aliphatic heterocycles. The summed E-state index contributed by atoms with van der Waals surface area (Å²) in [5.41, 5.74) is 5.69. The summed E-state index contributed by atoms with van der Waals surface area (Å²) in [5, 5.41) is 0. The molecule has 0 spiro atoms. The van der Waals surface area contributed by atoms with E-state index in [1.165, 1.54) is 4.57 Å². The van der Waals surface area contributed by atoms with Gasteiger partial charge in [0.05, 0.1) is 11.7 Å². The van der Waals surface area contributed by atoms with Gasteiger partial charge in [-0.2, -0.15) is 4.98 Å². The average Bonchev–Trinajstić information content (AvgIpc) is 2.76. The van der Waals surface area contributed by atoms with Crippen LogP contribution in [0.1, 0.15) is 59.8 Å². The lowest BCUT2D eigenvalue weighted by Crippen LogP contribution is -2.43. The van der Waals surface area contributed by atoms with Gasteiger partial charge < -0.3 is 19.9 Å². The largest absolute Gasteiger partial charge is 0.383 e. The van der Waals surface area contributed by atoms with Crippen molar-refractivity contribution in [1.29, 1.82) is 0 Å². The Kier molecular flexibility index (Phi) is 5.85. The van der Waals surface area contributed by atoms with Gasteiger partial charge in [-0.1, -0.05) is 20.8 Å². The first-order valence-corrected chi connectivity index (χ1v) is 9.04. The molecule has 1 aliphatic rings. The Morgan fingerprint density at radius 1 is 1.23 bits per heavy atom. The van der Waals surface area contributed by atoms with Crippen LogP contribution in [0.3, 0.4) is 0 Å². The molecule has 1 aromatic rings. The van der Waals surface area contributed by atoms with E-state index in [0.717, 1.165) is 12.0 Å². The highest BCUT2D eigenvalue weighted by atomic mass is 16.6. The maximum Gasteiger partial charge on any atom is 0.351 e. The van der Waals surface area contributed by atoms with Crippen LogP contribution in [0, 0.1) is 12.3 Å². The first kappa shape index (κ1) is 20.9. The van der Waals surface area contributed by atoms with Gasteiger partial charge in [-0.3, -0.25) is 4.57 Å². The summed E-state index contributed by atoms with van der Waals surface area (Å²) in [6.45, 7) is 14.3. The van der Waals surface area contributed by atoms with Crippen LogP contribution < -0.4 is 11.4 Å². The monoisotopic (exact) mass is 367 g/mol. The molecule has 26 heavy (non-hydrogen) atoms. The molecule has 0 amide bonds. The summed E-state index contributed by atoms with van der Waals surface area (Å²) < 4.78 is 19.8. The summed E-state index contributed by atoms with van der Waals surface area (Å²) >= 11 is 0. The Labute approximate surface area is 155 Å². The molecule has 0 aromatic carbocycles. The number of nitrogens with two attached hydrogens (primary N) is 1. The smallest absolute Gasteiger partial charge is 0.351 e. The van der Waals surface area contributed by atoms with Crippen molar-refractivity contribution in [3.63, 3.8) is 0 Å². The van der Waals surface area contributed by atoms with Gasteiger partial charge in [0.1, 0.15) is 18.0 Å². The molecule has 4 atom stereocenters. The predicted octanol–water partition coefficient (Wildman–Crippen LogP) is 2.67. The second-order valence-electron chi connectivity index (χ2n) is 9.22. The quantitative estimate of drug-likeness (QED) is 0.880. The zero-order valence-electron chi connectivity index (χ0n) is 17.2. The molecule has 7 nitrogen and oxygen atoms in total. The van der Waals surface area contributed by atoms with Crippen molar-refractivity contribution in [2.45, 2.75) is 85.0 Å². The van der Waals surface area contributed by atoms with E-state index in [2.05, 4.69) is 25.8 Å². The van der Waals surface area contributed by atoms with Crippen LogP contribution in [0.15, 0.2) is 11.0 Å². The summed E-state index contributed by atoms with van der Waals surface area (Å²) in [6.07, 6.45) is 0.917. The van der Waals surface area contributed by atoms with Crippen molar-refractivity contribution in [2.75, 3.05) is 12.8 Å². The standard InChI is InChI=1S/C19H33N3O4/c1-11-10-22(17(23)21-15(11)20)16-14(24-8)13(26-19(5,6)7)12(25-16)9-18(2,3)4/h10,12-14,16H,9H2,1-8H3,(H2,20,21,23)/t12-,13?,14+,16-/m1/s1. The summed E-state index contributed by atoms with van der Waals surface area (Å²) in [7, 11) is 1.61. The highest BCUT2D eigenvalue weighted by molar-refractivity contribution is 5.35. The average molecular weight is 367 g/mol. The third-order valence-corrected chi connectivity index (χ3v) is 4.31. The van der Waals surface area contributed by atoms with Crippen molar-refractivity contribution in [1.82, 2.24) is 9.55 Å². The second-order valence-corrected chi connectivity index (χ2v) is 9.22. The maximum absolute atomic E-state index is 12.4. The molecule has 1 aromatic heterocycles. The first-order chi connectivity index (χ1) is 11.8. The second kappa shape index (κ2) is 7.29. The Morgan fingerprint density at radius 2 is 1.85 bits per heavy atom. The number of rotatable bonds is 4. The molecular weight excluding hydrogens is 334 g/mol. The molecule has 0 radical (unpaired) electrons. The van der Waals surface area contributed by atoms with Crippen molar-refractivity contribution in [3.05, 3.63) is 22.2 Å². The summed E-state index contributed by atoms with van der Waals surface area (Å²) in [6, 6.07) is 0. The van der Waals surface area contributed by atoms with E-state index in [9.17, 15) is 4.79 Å². The molecular formula is C19H33N3O4. The van der Waals surface area contributed by atoms with Gasteiger partial charge in [0, 0.05) is 18.9 Å². The van der Waals surface area contributed by atoms with E-state index >= 15 is 0 Å². The molecule has 2 heterocycles. The molecule has 1 saturated heterocycles. The fourth-order valence-electron chi connectivity index (χ4n) is 3.26. The molecule has 0 bridgehead atoms. The van der Waals surface area contributed by atoms with Crippen molar-refractivity contribution >= 4 is 5.82 Å². The van der Waals surface area contributed by atoms with Gasteiger partial charge >= 0.3 is 5.69 Å². The van der Waals surface area contributed by atoms with Crippen LogP contribution in [0.4, 0.5) is 5.82 Å². The van der Waals surface area contributed by atoms with Crippen LogP contribution >= 0.6 is 0 Å². The van der Waals surface area contributed by atoms with Gasteiger partial charge in [-0.05, 0) is 39.5 Å². The van der Waals surface area contributed by atoms with Crippen LogP contribution in [-0.2, 0) is 14.2 Å². The van der Waals surface area contributed by atoms with Crippen LogP contribution in [0.25, 0.3) is 0 Å². The summed E-state index contributed by atoms with van der Waals surface area (Å²) in [4.78, 5) is 16.3. The Bertz CT molecular complexity index is 687. The highest BCUT2D eigenvalue weighted by Gasteiger charge is 2.49. The minimum atomic E-state index is -0.612.